The van der Waals surface area contributed by atoms with E-state index in [0.717, 1.165) is 30.5 Å². The Morgan fingerprint density at radius 1 is 0.906 bits per heavy atom. The molecule has 0 aromatic heterocycles. The molecule has 0 saturated heterocycles. The van der Waals surface area contributed by atoms with E-state index in [0.29, 0.717) is 29.3 Å². The Hall–Kier alpha value is -3.64. The van der Waals surface area contributed by atoms with E-state index >= 15 is 0 Å². The van der Waals surface area contributed by atoms with Crippen molar-refractivity contribution >= 4 is 28.9 Å². The lowest BCUT2D eigenvalue weighted by molar-refractivity contribution is -0.116. The molecule has 32 heavy (non-hydrogen) atoms. The monoisotopic (exact) mass is 428 g/mol. The number of rotatable bonds is 8. The maximum Gasteiger partial charge on any atom is 0.255 e. The summed E-state index contributed by atoms with van der Waals surface area (Å²) in [6.45, 7) is 0. The second-order valence-electron chi connectivity index (χ2n) is 8.27. The van der Waals surface area contributed by atoms with Crippen LogP contribution in [0.25, 0.3) is 0 Å². The zero-order valence-corrected chi connectivity index (χ0v) is 17.9. The van der Waals surface area contributed by atoms with Gasteiger partial charge in [0.05, 0.1) is 11.4 Å². The summed E-state index contributed by atoms with van der Waals surface area (Å²) in [5.74, 6) is 0.259. The number of benzene rings is 3. The predicted molar refractivity (Wildman–Crippen MR) is 129 cm³/mol. The molecule has 0 spiro atoms. The molecule has 0 unspecified atom stereocenters. The third kappa shape index (κ3) is 5.53. The molecular formula is C26H28N4O2. The fraction of sp³-hybridized carbons (Fsp3) is 0.231. The number of nitrogens with two attached hydrogens (primary N) is 2. The molecule has 0 radical (unpaired) electrons. The van der Waals surface area contributed by atoms with Crippen LogP contribution >= 0.6 is 0 Å². The Bertz CT molecular complexity index is 1090. The molecule has 1 aliphatic carbocycles. The van der Waals surface area contributed by atoms with E-state index < -0.39 is 0 Å². The third-order valence-electron chi connectivity index (χ3n) is 5.76. The van der Waals surface area contributed by atoms with Crippen LogP contribution in [0, 0.1) is 0 Å². The summed E-state index contributed by atoms with van der Waals surface area (Å²) < 4.78 is 0. The number of aryl methyl sites for hydroxylation is 1. The zero-order chi connectivity index (χ0) is 22.5. The Morgan fingerprint density at radius 3 is 2.25 bits per heavy atom. The number of nitrogen functional groups attached to an aromatic ring is 1. The zero-order valence-electron chi connectivity index (χ0n) is 17.9. The summed E-state index contributed by atoms with van der Waals surface area (Å²) in [5.41, 5.74) is 16.6. The molecule has 1 fully saturated rings. The Kier molecular flexibility index (Phi) is 6.52. The summed E-state index contributed by atoms with van der Waals surface area (Å²) in [4.78, 5) is 24.6. The Morgan fingerprint density at radius 2 is 1.59 bits per heavy atom. The molecule has 0 aliphatic heterocycles. The standard InChI is InChI=1S/C26H28N4O2/c27-22-5-1-2-6-24(22)30-26(32)19-10-8-17(9-11-19)4-3-7-25(31)29-20-14-12-18(13-15-20)21-16-23(21)28/h1-2,5-6,8-15,21,23H,3-4,7,16,27-28H2,(H,29,31)(H,30,32)/t21-,23+/m0/s1. The number of carbonyl (C=O) groups excluding carboxylic acids is 2. The van der Waals surface area contributed by atoms with Gasteiger partial charge in [-0.1, -0.05) is 36.4 Å². The quantitative estimate of drug-likeness (QED) is 0.401. The lowest BCUT2D eigenvalue weighted by atomic mass is 10.1. The highest BCUT2D eigenvalue weighted by molar-refractivity contribution is 6.05. The van der Waals surface area contributed by atoms with E-state index in [1.807, 2.05) is 48.5 Å². The fourth-order valence-corrected chi connectivity index (χ4v) is 3.72. The van der Waals surface area contributed by atoms with Gasteiger partial charge in [-0.05, 0) is 66.8 Å². The summed E-state index contributed by atoms with van der Waals surface area (Å²) in [6, 6.07) is 22.8. The first-order valence-electron chi connectivity index (χ1n) is 10.9. The van der Waals surface area contributed by atoms with Gasteiger partial charge >= 0.3 is 0 Å². The van der Waals surface area contributed by atoms with Crippen LogP contribution < -0.4 is 22.1 Å². The maximum atomic E-state index is 12.4. The van der Waals surface area contributed by atoms with Crippen molar-refractivity contribution in [2.24, 2.45) is 5.73 Å². The van der Waals surface area contributed by atoms with Crippen LogP contribution in [-0.2, 0) is 11.2 Å². The number of nitrogens with one attached hydrogen (secondary N) is 2. The number of hydrogen-bond acceptors (Lipinski definition) is 4. The lowest BCUT2D eigenvalue weighted by Gasteiger charge is -2.09. The lowest BCUT2D eigenvalue weighted by Crippen LogP contribution is -2.13. The van der Waals surface area contributed by atoms with Gasteiger partial charge in [0.25, 0.3) is 5.91 Å². The van der Waals surface area contributed by atoms with Gasteiger partial charge in [-0.25, -0.2) is 0 Å². The molecule has 0 bridgehead atoms. The topological polar surface area (TPSA) is 110 Å². The molecule has 6 nitrogen and oxygen atoms in total. The minimum atomic E-state index is -0.205. The first-order chi connectivity index (χ1) is 15.5. The molecule has 2 amide bonds. The highest BCUT2D eigenvalue weighted by Gasteiger charge is 2.34. The van der Waals surface area contributed by atoms with E-state index in [9.17, 15) is 9.59 Å². The first-order valence-corrected chi connectivity index (χ1v) is 10.9. The van der Waals surface area contributed by atoms with Crippen molar-refractivity contribution < 1.29 is 9.59 Å². The minimum Gasteiger partial charge on any atom is -0.397 e. The molecular weight excluding hydrogens is 400 g/mol. The molecule has 1 aliphatic rings. The SMILES string of the molecule is Nc1ccccc1NC(=O)c1ccc(CCCC(=O)Nc2ccc([C@@H]3C[C@H]3N)cc2)cc1. The number of para-hydroxylation sites is 2. The highest BCUT2D eigenvalue weighted by atomic mass is 16.2. The van der Waals surface area contributed by atoms with Gasteiger partial charge in [-0.3, -0.25) is 9.59 Å². The molecule has 3 aromatic carbocycles. The van der Waals surface area contributed by atoms with E-state index in [-0.39, 0.29) is 17.9 Å². The van der Waals surface area contributed by atoms with Crippen LogP contribution in [0.1, 0.15) is 46.7 Å². The van der Waals surface area contributed by atoms with Gasteiger partial charge in [0.1, 0.15) is 0 Å². The van der Waals surface area contributed by atoms with E-state index in [4.69, 9.17) is 11.5 Å². The number of carbonyl (C=O) groups is 2. The average Bonchev–Trinajstić information content (AvgIpc) is 3.53. The number of amides is 2. The van der Waals surface area contributed by atoms with Crippen LogP contribution in [0.5, 0.6) is 0 Å². The molecule has 3 aromatic rings. The van der Waals surface area contributed by atoms with Gasteiger partial charge in [0.2, 0.25) is 5.91 Å². The first kappa shape index (κ1) is 21.6. The van der Waals surface area contributed by atoms with Crippen molar-refractivity contribution in [2.75, 3.05) is 16.4 Å². The van der Waals surface area contributed by atoms with Crippen molar-refractivity contribution in [3.8, 4) is 0 Å². The van der Waals surface area contributed by atoms with E-state index in [1.165, 1.54) is 5.56 Å². The largest absolute Gasteiger partial charge is 0.397 e. The summed E-state index contributed by atoms with van der Waals surface area (Å²) in [5, 5.41) is 5.76. The van der Waals surface area contributed by atoms with Crippen molar-refractivity contribution in [1.82, 2.24) is 0 Å². The molecule has 6 heteroatoms. The smallest absolute Gasteiger partial charge is 0.255 e. The average molecular weight is 429 g/mol. The Labute approximate surface area is 188 Å². The second-order valence-corrected chi connectivity index (χ2v) is 8.27. The molecule has 0 heterocycles. The van der Waals surface area contributed by atoms with Gasteiger partial charge in [-0.15, -0.1) is 0 Å². The molecule has 2 atom stereocenters. The van der Waals surface area contributed by atoms with Crippen LogP contribution in [-0.4, -0.2) is 17.9 Å². The minimum absolute atomic E-state index is 0.00248. The van der Waals surface area contributed by atoms with Gasteiger partial charge in [0.15, 0.2) is 0 Å². The van der Waals surface area contributed by atoms with Gasteiger partial charge in [0, 0.05) is 29.6 Å². The van der Waals surface area contributed by atoms with Crippen molar-refractivity contribution in [1.29, 1.82) is 0 Å². The highest BCUT2D eigenvalue weighted by Crippen LogP contribution is 2.39. The van der Waals surface area contributed by atoms with E-state index in [2.05, 4.69) is 10.6 Å². The second kappa shape index (κ2) is 9.66. The van der Waals surface area contributed by atoms with Crippen molar-refractivity contribution in [3.05, 3.63) is 89.5 Å². The molecule has 164 valence electrons. The summed E-state index contributed by atoms with van der Waals surface area (Å²) in [7, 11) is 0. The summed E-state index contributed by atoms with van der Waals surface area (Å²) in [6.07, 6.45) is 2.97. The third-order valence-corrected chi connectivity index (χ3v) is 5.76. The van der Waals surface area contributed by atoms with Crippen LogP contribution in [0.4, 0.5) is 17.1 Å². The predicted octanol–water partition coefficient (Wildman–Crippen LogP) is 4.30. The maximum absolute atomic E-state index is 12.4. The summed E-state index contributed by atoms with van der Waals surface area (Å²) >= 11 is 0. The molecule has 1 saturated carbocycles. The fourth-order valence-electron chi connectivity index (χ4n) is 3.72. The van der Waals surface area contributed by atoms with Gasteiger partial charge in [-0.2, -0.15) is 0 Å². The molecule has 6 N–H and O–H groups in total. The van der Waals surface area contributed by atoms with Crippen molar-refractivity contribution in [2.45, 2.75) is 37.6 Å². The van der Waals surface area contributed by atoms with Crippen LogP contribution in [0.2, 0.25) is 0 Å². The van der Waals surface area contributed by atoms with E-state index in [1.54, 1.807) is 24.3 Å². The van der Waals surface area contributed by atoms with Crippen LogP contribution in [0.15, 0.2) is 72.8 Å². The normalized spacial score (nSPS) is 16.9. The van der Waals surface area contributed by atoms with Gasteiger partial charge < -0.3 is 22.1 Å². The number of hydrogen-bond donors (Lipinski definition) is 4. The Balaban J connectivity index is 1.21. The van der Waals surface area contributed by atoms with Crippen molar-refractivity contribution in [3.63, 3.8) is 0 Å². The number of anilines is 3. The van der Waals surface area contributed by atoms with Crippen LogP contribution in [0.3, 0.4) is 0 Å². The molecule has 4 rings (SSSR count).